The quantitative estimate of drug-likeness (QED) is 0.852. The fourth-order valence-corrected chi connectivity index (χ4v) is 2.10. The van der Waals surface area contributed by atoms with Gasteiger partial charge >= 0.3 is 0 Å². The molecule has 1 unspecified atom stereocenters. The Hall–Kier alpha value is -2.56. The minimum atomic E-state index is -0.645. The summed E-state index contributed by atoms with van der Waals surface area (Å²) in [7, 11) is 1.57. The third kappa shape index (κ3) is 4.71. The number of rotatable bonds is 7. The van der Waals surface area contributed by atoms with Crippen LogP contribution >= 0.6 is 0 Å². The van der Waals surface area contributed by atoms with Gasteiger partial charge in [-0.15, -0.1) is 0 Å². The molecule has 0 heterocycles. The van der Waals surface area contributed by atoms with Crippen molar-refractivity contribution in [2.45, 2.75) is 26.0 Å². The highest BCUT2D eigenvalue weighted by atomic mass is 19.1. The third-order valence-corrected chi connectivity index (χ3v) is 3.39. The SMILES string of the molecule is CCC(Oc1cccc(OC)c1)C(=O)NCc1ccccc1F. The third-order valence-electron chi connectivity index (χ3n) is 3.39. The second kappa shape index (κ2) is 8.17. The molecule has 2 aromatic rings. The van der Waals surface area contributed by atoms with Crippen LogP contribution in [-0.4, -0.2) is 19.1 Å². The Bertz CT molecular complexity index is 660. The summed E-state index contributed by atoms with van der Waals surface area (Å²) in [6.07, 6.45) is -0.144. The van der Waals surface area contributed by atoms with Crippen LogP contribution in [0.15, 0.2) is 48.5 Å². The van der Waals surface area contributed by atoms with Crippen LogP contribution in [0.3, 0.4) is 0 Å². The molecule has 0 aliphatic rings. The van der Waals surface area contributed by atoms with Crippen molar-refractivity contribution in [1.29, 1.82) is 0 Å². The van der Waals surface area contributed by atoms with Crippen molar-refractivity contribution in [3.8, 4) is 11.5 Å². The standard InChI is InChI=1S/C18H20FNO3/c1-3-17(23-15-9-6-8-14(11-15)22-2)18(21)20-12-13-7-4-5-10-16(13)19/h4-11,17H,3,12H2,1-2H3,(H,20,21). The van der Waals surface area contributed by atoms with Crippen LogP contribution in [0.5, 0.6) is 11.5 Å². The maximum Gasteiger partial charge on any atom is 0.261 e. The van der Waals surface area contributed by atoms with Gasteiger partial charge in [0.2, 0.25) is 0 Å². The van der Waals surface area contributed by atoms with Crippen LogP contribution in [-0.2, 0) is 11.3 Å². The fraction of sp³-hybridized carbons (Fsp3) is 0.278. The monoisotopic (exact) mass is 317 g/mol. The number of methoxy groups -OCH3 is 1. The molecule has 0 saturated heterocycles. The van der Waals surface area contributed by atoms with E-state index in [2.05, 4.69) is 5.32 Å². The molecule has 2 rings (SSSR count). The van der Waals surface area contributed by atoms with E-state index in [1.54, 1.807) is 49.6 Å². The molecule has 0 spiro atoms. The number of nitrogens with one attached hydrogen (secondary N) is 1. The van der Waals surface area contributed by atoms with Crippen LogP contribution in [0.1, 0.15) is 18.9 Å². The summed E-state index contributed by atoms with van der Waals surface area (Å²) >= 11 is 0. The molecular formula is C18H20FNO3. The predicted octanol–water partition coefficient (Wildman–Crippen LogP) is 3.31. The molecule has 4 nitrogen and oxygen atoms in total. The lowest BCUT2D eigenvalue weighted by Gasteiger charge is -2.17. The highest BCUT2D eigenvalue weighted by Gasteiger charge is 2.18. The van der Waals surface area contributed by atoms with Gasteiger partial charge in [-0.2, -0.15) is 0 Å². The molecule has 0 radical (unpaired) electrons. The average molecular weight is 317 g/mol. The van der Waals surface area contributed by atoms with Crippen LogP contribution in [0.2, 0.25) is 0 Å². The smallest absolute Gasteiger partial charge is 0.261 e. The first-order valence-corrected chi connectivity index (χ1v) is 7.46. The summed E-state index contributed by atoms with van der Waals surface area (Å²) < 4.78 is 24.4. The minimum Gasteiger partial charge on any atom is -0.497 e. The van der Waals surface area contributed by atoms with Crippen LogP contribution in [0.25, 0.3) is 0 Å². The largest absolute Gasteiger partial charge is 0.497 e. The van der Waals surface area contributed by atoms with Crippen molar-refractivity contribution in [3.05, 3.63) is 59.9 Å². The molecule has 0 fully saturated rings. The summed E-state index contributed by atoms with van der Waals surface area (Å²) in [5.74, 6) is 0.592. The second-order valence-electron chi connectivity index (χ2n) is 5.00. The van der Waals surface area contributed by atoms with Crippen molar-refractivity contribution in [2.75, 3.05) is 7.11 Å². The van der Waals surface area contributed by atoms with Crippen LogP contribution in [0, 0.1) is 5.82 Å². The molecule has 5 heteroatoms. The van der Waals surface area contributed by atoms with Gasteiger partial charge in [0.15, 0.2) is 6.10 Å². The Balaban J connectivity index is 1.97. The van der Waals surface area contributed by atoms with Crippen molar-refractivity contribution in [3.63, 3.8) is 0 Å². The molecule has 0 bridgehead atoms. The van der Waals surface area contributed by atoms with E-state index in [0.717, 1.165) is 0 Å². The molecule has 2 aromatic carbocycles. The van der Waals surface area contributed by atoms with Crippen molar-refractivity contribution >= 4 is 5.91 Å². The normalized spacial score (nSPS) is 11.6. The first-order chi connectivity index (χ1) is 11.1. The first kappa shape index (κ1) is 16.8. The fourth-order valence-electron chi connectivity index (χ4n) is 2.10. The Morgan fingerprint density at radius 1 is 1.17 bits per heavy atom. The van der Waals surface area contributed by atoms with Gasteiger partial charge in [-0.05, 0) is 24.6 Å². The molecule has 0 saturated carbocycles. The van der Waals surface area contributed by atoms with Gasteiger partial charge in [0.25, 0.3) is 5.91 Å². The summed E-state index contributed by atoms with van der Waals surface area (Å²) in [5, 5.41) is 2.70. The molecule has 0 aliphatic carbocycles. The maximum atomic E-state index is 13.6. The van der Waals surface area contributed by atoms with E-state index >= 15 is 0 Å². The number of ether oxygens (including phenoxy) is 2. The van der Waals surface area contributed by atoms with E-state index in [1.165, 1.54) is 6.07 Å². The molecule has 1 amide bonds. The molecule has 1 N–H and O–H groups in total. The lowest BCUT2D eigenvalue weighted by Crippen LogP contribution is -2.37. The van der Waals surface area contributed by atoms with E-state index in [1.807, 2.05) is 6.92 Å². The average Bonchev–Trinajstić information content (AvgIpc) is 2.59. The van der Waals surface area contributed by atoms with Gasteiger partial charge in [-0.25, -0.2) is 4.39 Å². The minimum absolute atomic E-state index is 0.128. The summed E-state index contributed by atoms with van der Waals surface area (Å²) in [5.41, 5.74) is 0.442. The number of hydrogen-bond donors (Lipinski definition) is 1. The number of carbonyl (C=O) groups is 1. The highest BCUT2D eigenvalue weighted by Crippen LogP contribution is 2.20. The van der Waals surface area contributed by atoms with E-state index in [9.17, 15) is 9.18 Å². The number of benzene rings is 2. The highest BCUT2D eigenvalue weighted by molar-refractivity contribution is 5.81. The van der Waals surface area contributed by atoms with Crippen molar-refractivity contribution < 1.29 is 18.7 Å². The predicted molar refractivity (Wildman–Crippen MR) is 85.9 cm³/mol. The molecule has 23 heavy (non-hydrogen) atoms. The first-order valence-electron chi connectivity index (χ1n) is 7.46. The van der Waals surface area contributed by atoms with E-state index in [4.69, 9.17) is 9.47 Å². The maximum absolute atomic E-state index is 13.6. The van der Waals surface area contributed by atoms with Crippen molar-refractivity contribution in [2.24, 2.45) is 0 Å². The Labute approximate surface area is 135 Å². The number of hydrogen-bond acceptors (Lipinski definition) is 3. The van der Waals surface area contributed by atoms with Crippen LogP contribution in [0.4, 0.5) is 4.39 Å². The summed E-state index contributed by atoms with van der Waals surface area (Å²) in [6, 6.07) is 13.4. The number of halogens is 1. The van der Waals surface area contributed by atoms with Gasteiger partial charge in [0.1, 0.15) is 17.3 Å². The number of amides is 1. The lowest BCUT2D eigenvalue weighted by molar-refractivity contribution is -0.128. The van der Waals surface area contributed by atoms with E-state index in [-0.39, 0.29) is 18.3 Å². The van der Waals surface area contributed by atoms with Gasteiger partial charge in [0, 0.05) is 18.2 Å². The molecule has 1 atom stereocenters. The summed E-state index contributed by atoms with van der Waals surface area (Å²) in [6.45, 7) is 1.98. The van der Waals surface area contributed by atoms with Gasteiger partial charge < -0.3 is 14.8 Å². The zero-order valence-electron chi connectivity index (χ0n) is 13.2. The number of carbonyl (C=O) groups excluding carboxylic acids is 1. The Kier molecular flexibility index (Phi) is 5.97. The van der Waals surface area contributed by atoms with Gasteiger partial charge in [0.05, 0.1) is 7.11 Å². The molecular weight excluding hydrogens is 297 g/mol. The molecule has 122 valence electrons. The molecule has 0 aliphatic heterocycles. The Morgan fingerprint density at radius 3 is 2.61 bits per heavy atom. The molecule has 0 aromatic heterocycles. The summed E-state index contributed by atoms with van der Waals surface area (Å²) in [4.78, 5) is 12.2. The van der Waals surface area contributed by atoms with Crippen molar-refractivity contribution in [1.82, 2.24) is 5.32 Å². The Morgan fingerprint density at radius 2 is 1.91 bits per heavy atom. The zero-order valence-corrected chi connectivity index (χ0v) is 13.2. The van der Waals surface area contributed by atoms with E-state index in [0.29, 0.717) is 23.5 Å². The van der Waals surface area contributed by atoms with Gasteiger partial charge in [-0.3, -0.25) is 4.79 Å². The topological polar surface area (TPSA) is 47.6 Å². The lowest BCUT2D eigenvalue weighted by atomic mass is 10.2. The van der Waals surface area contributed by atoms with Gasteiger partial charge in [-0.1, -0.05) is 31.2 Å². The zero-order chi connectivity index (χ0) is 16.7. The second-order valence-corrected chi connectivity index (χ2v) is 5.00. The van der Waals surface area contributed by atoms with E-state index < -0.39 is 6.10 Å². The van der Waals surface area contributed by atoms with Crippen LogP contribution < -0.4 is 14.8 Å².